The number of rotatable bonds is 2. The summed E-state index contributed by atoms with van der Waals surface area (Å²) in [7, 11) is 0. The van der Waals surface area contributed by atoms with Gasteiger partial charge in [0.15, 0.2) is 0 Å². The summed E-state index contributed by atoms with van der Waals surface area (Å²) in [6.45, 7) is 5.29. The van der Waals surface area contributed by atoms with Crippen LogP contribution in [-0.2, 0) is 0 Å². The Labute approximate surface area is 106 Å². The maximum atomic E-state index is 3.57. The van der Waals surface area contributed by atoms with Crippen LogP contribution < -0.4 is 5.32 Å². The summed E-state index contributed by atoms with van der Waals surface area (Å²) < 4.78 is 0. The summed E-state index contributed by atoms with van der Waals surface area (Å²) >= 11 is 0. The highest BCUT2D eigenvalue weighted by Crippen LogP contribution is 2.35. The average Bonchev–Trinajstić information content (AvgIpc) is 2.40. The lowest BCUT2D eigenvalue weighted by molar-refractivity contribution is 0.0447. The number of hydrogen-bond donors (Lipinski definition) is 1. The van der Waals surface area contributed by atoms with E-state index in [4.69, 9.17) is 0 Å². The first-order valence-electron chi connectivity index (χ1n) is 7.88. The first-order valence-corrected chi connectivity index (χ1v) is 7.88. The Hall–Kier alpha value is -0.0800. The molecule has 0 spiro atoms. The molecule has 98 valence electrons. The molecule has 0 radical (unpaired) electrons. The molecule has 3 fully saturated rings. The van der Waals surface area contributed by atoms with Crippen molar-refractivity contribution in [2.45, 2.75) is 57.4 Å². The van der Waals surface area contributed by atoms with E-state index in [2.05, 4.69) is 10.2 Å². The van der Waals surface area contributed by atoms with Crippen molar-refractivity contribution in [3.63, 3.8) is 0 Å². The maximum absolute atomic E-state index is 3.57. The third-order valence-electron chi connectivity index (χ3n) is 5.25. The van der Waals surface area contributed by atoms with Crippen LogP contribution in [0.3, 0.4) is 0 Å². The van der Waals surface area contributed by atoms with E-state index in [-0.39, 0.29) is 0 Å². The predicted molar refractivity (Wildman–Crippen MR) is 72.1 cm³/mol. The number of fused-ring (bicyclic) bond motifs is 1. The van der Waals surface area contributed by atoms with Crippen molar-refractivity contribution in [2.75, 3.05) is 26.2 Å². The van der Waals surface area contributed by atoms with Gasteiger partial charge in [0, 0.05) is 12.6 Å². The SMILES string of the molecule is C1CNCC(CN2CCCC3CCCCC32)C1. The van der Waals surface area contributed by atoms with E-state index in [1.54, 1.807) is 0 Å². The van der Waals surface area contributed by atoms with Crippen LogP contribution in [0.1, 0.15) is 51.4 Å². The summed E-state index contributed by atoms with van der Waals surface area (Å²) in [6.07, 6.45) is 11.8. The van der Waals surface area contributed by atoms with Crippen LogP contribution in [0.4, 0.5) is 0 Å². The molecule has 1 N–H and O–H groups in total. The van der Waals surface area contributed by atoms with Crippen molar-refractivity contribution in [1.82, 2.24) is 10.2 Å². The molecule has 0 aromatic carbocycles. The Morgan fingerprint density at radius 2 is 1.82 bits per heavy atom. The second kappa shape index (κ2) is 5.71. The van der Waals surface area contributed by atoms with Crippen LogP contribution in [0.2, 0.25) is 0 Å². The fraction of sp³-hybridized carbons (Fsp3) is 1.00. The second-order valence-corrected chi connectivity index (χ2v) is 6.46. The average molecular weight is 236 g/mol. The molecule has 1 saturated carbocycles. The zero-order chi connectivity index (χ0) is 11.5. The number of nitrogens with one attached hydrogen (secondary N) is 1. The van der Waals surface area contributed by atoms with Gasteiger partial charge in [-0.05, 0) is 70.0 Å². The van der Waals surface area contributed by atoms with Gasteiger partial charge in [-0.2, -0.15) is 0 Å². The van der Waals surface area contributed by atoms with E-state index in [9.17, 15) is 0 Å². The minimum absolute atomic E-state index is 0.935. The van der Waals surface area contributed by atoms with Gasteiger partial charge in [-0.25, -0.2) is 0 Å². The minimum Gasteiger partial charge on any atom is -0.316 e. The molecule has 0 amide bonds. The fourth-order valence-electron chi connectivity index (χ4n) is 4.37. The molecule has 1 aliphatic carbocycles. The number of nitrogens with zero attached hydrogens (tertiary/aromatic N) is 1. The van der Waals surface area contributed by atoms with E-state index in [0.29, 0.717) is 0 Å². The molecule has 17 heavy (non-hydrogen) atoms. The van der Waals surface area contributed by atoms with Gasteiger partial charge in [0.2, 0.25) is 0 Å². The Bertz CT molecular complexity index is 233. The molecule has 0 bridgehead atoms. The summed E-state index contributed by atoms with van der Waals surface area (Å²) in [5.74, 6) is 1.98. The van der Waals surface area contributed by atoms with Gasteiger partial charge in [0.05, 0.1) is 0 Å². The van der Waals surface area contributed by atoms with E-state index in [1.165, 1.54) is 77.5 Å². The molecule has 3 unspecified atom stereocenters. The molecule has 2 heteroatoms. The van der Waals surface area contributed by atoms with Crippen molar-refractivity contribution in [1.29, 1.82) is 0 Å². The summed E-state index contributed by atoms with van der Waals surface area (Å²) in [5.41, 5.74) is 0. The van der Waals surface area contributed by atoms with Crippen molar-refractivity contribution >= 4 is 0 Å². The lowest BCUT2D eigenvalue weighted by Gasteiger charge is -2.45. The molecule has 2 nitrogen and oxygen atoms in total. The van der Waals surface area contributed by atoms with Crippen LogP contribution in [0.15, 0.2) is 0 Å². The van der Waals surface area contributed by atoms with Crippen LogP contribution in [0, 0.1) is 11.8 Å². The fourth-order valence-corrected chi connectivity index (χ4v) is 4.37. The number of likely N-dealkylation sites (tertiary alicyclic amines) is 1. The van der Waals surface area contributed by atoms with Gasteiger partial charge in [-0.15, -0.1) is 0 Å². The van der Waals surface area contributed by atoms with Crippen molar-refractivity contribution in [3.05, 3.63) is 0 Å². The lowest BCUT2D eigenvalue weighted by Crippen LogP contribution is -2.50. The topological polar surface area (TPSA) is 15.3 Å². The molecule has 3 atom stereocenters. The van der Waals surface area contributed by atoms with Crippen LogP contribution in [0.25, 0.3) is 0 Å². The van der Waals surface area contributed by atoms with Crippen molar-refractivity contribution in [3.8, 4) is 0 Å². The van der Waals surface area contributed by atoms with Gasteiger partial charge < -0.3 is 5.32 Å². The Morgan fingerprint density at radius 3 is 2.71 bits per heavy atom. The molecular weight excluding hydrogens is 208 g/mol. The molecule has 3 rings (SSSR count). The van der Waals surface area contributed by atoms with Crippen molar-refractivity contribution < 1.29 is 0 Å². The standard InChI is InChI=1S/C15H28N2/c1-2-8-15-14(6-1)7-4-10-17(15)12-13-5-3-9-16-11-13/h13-16H,1-12H2. The first-order chi connectivity index (χ1) is 8.43. The highest BCUT2D eigenvalue weighted by Gasteiger charge is 2.34. The molecule has 2 saturated heterocycles. The number of hydrogen-bond acceptors (Lipinski definition) is 2. The van der Waals surface area contributed by atoms with Gasteiger partial charge >= 0.3 is 0 Å². The summed E-state index contributed by atoms with van der Waals surface area (Å²) in [5, 5.41) is 3.57. The molecule has 0 aromatic rings. The normalized spacial score (nSPS) is 39.9. The van der Waals surface area contributed by atoms with Crippen LogP contribution in [-0.4, -0.2) is 37.1 Å². The maximum Gasteiger partial charge on any atom is 0.0124 e. The Kier molecular flexibility index (Phi) is 4.02. The summed E-state index contributed by atoms with van der Waals surface area (Å²) in [6, 6.07) is 0.958. The highest BCUT2D eigenvalue weighted by molar-refractivity contribution is 4.88. The van der Waals surface area contributed by atoms with Gasteiger partial charge in [-0.3, -0.25) is 4.90 Å². The largest absolute Gasteiger partial charge is 0.316 e. The lowest BCUT2D eigenvalue weighted by atomic mass is 9.78. The molecular formula is C15H28N2. The van der Waals surface area contributed by atoms with Crippen LogP contribution >= 0.6 is 0 Å². The van der Waals surface area contributed by atoms with Crippen LogP contribution in [0.5, 0.6) is 0 Å². The van der Waals surface area contributed by atoms with E-state index < -0.39 is 0 Å². The molecule has 2 aliphatic heterocycles. The van der Waals surface area contributed by atoms with Gasteiger partial charge in [-0.1, -0.05) is 12.8 Å². The molecule has 0 aromatic heterocycles. The van der Waals surface area contributed by atoms with Gasteiger partial charge in [0.1, 0.15) is 0 Å². The van der Waals surface area contributed by atoms with Gasteiger partial charge in [0.25, 0.3) is 0 Å². The first kappa shape index (κ1) is 12.0. The third kappa shape index (κ3) is 2.85. The predicted octanol–water partition coefficient (Wildman–Crippen LogP) is 2.64. The summed E-state index contributed by atoms with van der Waals surface area (Å²) in [4.78, 5) is 2.87. The van der Waals surface area contributed by atoms with E-state index in [1.807, 2.05) is 0 Å². The zero-order valence-electron chi connectivity index (χ0n) is 11.2. The molecule has 3 aliphatic rings. The number of piperidine rings is 2. The Morgan fingerprint density at radius 1 is 0.941 bits per heavy atom. The van der Waals surface area contributed by atoms with E-state index in [0.717, 1.165) is 17.9 Å². The third-order valence-corrected chi connectivity index (χ3v) is 5.25. The monoisotopic (exact) mass is 236 g/mol. The zero-order valence-corrected chi connectivity index (χ0v) is 11.2. The minimum atomic E-state index is 0.935. The Balaban J connectivity index is 1.56. The molecule has 2 heterocycles. The second-order valence-electron chi connectivity index (χ2n) is 6.46. The smallest absolute Gasteiger partial charge is 0.0124 e. The van der Waals surface area contributed by atoms with E-state index >= 15 is 0 Å². The van der Waals surface area contributed by atoms with Crippen molar-refractivity contribution in [2.24, 2.45) is 11.8 Å². The quantitative estimate of drug-likeness (QED) is 0.793. The highest BCUT2D eigenvalue weighted by atomic mass is 15.2.